The molecule has 1 radical (unpaired) electrons. The minimum absolute atomic E-state index is 0.0354. The molecule has 0 bridgehead atoms. The molecule has 3 heteroatoms. The third-order valence-electron chi connectivity index (χ3n) is 2.10. The Morgan fingerprint density at radius 2 is 2.07 bits per heavy atom. The Morgan fingerprint density at radius 1 is 1.33 bits per heavy atom. The Labute approximate surface area is 91.8 Å². The molecule has 1 aromatic carbocycles. The Hall–Kier alpha value is -1.61. The highest BCUT2D eigenvalue weighted by atomic mass is 32.1. The average molecular weight is 217 g/mol. The number of benzene rings is 1. The minimum atomic E-state index is -0.818. The first kappa shape index (κ1) is 9.93. The van der Waals surface area contributed by atoms with E-state index in [1.165, 1.54) is 11.3 Å². The van der Waals surface area contributed by atoms with E-state index in [-0.39, 0.29) is 6.42 Å². The predicted molar refractivity (Wildman–Crippen MR) is 59.9 cm³/mol. The second-order valence-corrected chi connectivity index (χ2v) is 3.84. The molecule has 0 aliphatic rings. The van der Waals surface area contributed by atoms with Crippen LogP contribution < -0.4 is 0 Å². The Bertz CT molecular complexity index is 459. The fraction of sp³-hybridized carbons (Fsp3) is 0.0833. The minimum Gasteiger partial charge on any atom is -0.481 e. The van der Waals surface area contributed by atoms with Crippen LogP contribution in [0.3, 0.4) is 0 Å². The summed E-state index contributed by atoms with van der Waals surface area (Å²) in [5.74, 6) is -0.818. The fourth-order valence-corrected chi connectivity index (χ4v) is 2.21. The van der Waals surface area contributed by atoms with Crippen molar-refractivity contribution in [2.45, 2.75) is 6.42 Å². The van der Waals surface area contributed by atoms with Crippen LogP contribution >= 0.6 is 11.3 Å². The molecule has 2 nitrogen and oxygen atoms in total. The molecular weight excluding hydrogens is 208 g/mol. The summed E-state index contributed by atoms with van der Waals surface area (Å²) in [6.07, 6.45) is 0.0354. The van der Waals surface area contributed by atoms with Gasteiger partial charge in [-0.15, -0.1) is 11.3 Å². The van der Waals surface area contributed by atoms with Crippen molar-refractivity contribution < 1.29 is 9.90 Å². The van der Waals surface area contributed by atoms with Crippen molar-refractivity contribution in [3.63, 3.8) is 0 Å². The van der Waals surface area contributed by atoms with Crippen LogP contribution in [0.15, 0.2) is 35.7 Å². The van der Waals surface area contributed by atoms with Crippen LogP contribution in [0.1, 0.15) is 5.56 Å². The molecule has 0 fully saturated rings. The summed E-state index contributed by atoms with van der Waals surface area (Å²) in [5.41, 5.74) is 2.79. The first-order chi connectivity index (χ1) is 7.27. The molecule has 2 aromatic rings. The topological polar surface area (TPSA) is 37.3 Å². The molecule has 0 aliphatic heterocycles. The molecule has 0 unspecified atom stereocenters. The first-order valence-electron chi connectivity index (χ1n) is 4.52. The van der Waals surface area contributed by atoms with E-state index in [4.69, 9.17) is 5.11 Å². The maximum Gasteiger partial charge on any atom is 0.307 e. The smallest absolute Gasteiger partial charge is 0.307 e. The molecule has 0 spiro atoms. The van der Waals surface area contributed by atoms with Gasteiger partial charge in [-0.2, -0.15) is 0 Å². The fourth-order valence-electron chi connectivity index (χ4n) is 1.43. The molecule has 1 aromatic heterocycles. The third kappa shape index (κ3) is 2.25. The van der Waals surface area contributed by atoms with Gasteiger partial charge in [-0.25, -0.2) is 0 Å². The number of aliphatic carboxylic acids is 1. The number of carboxylic acid groups (broad SMARTS) is 1. The maximum atomic E-state index is 10.6. The standard InChI is InChI=1S/C12H9O2S/c13-12(14)6-10-7-15-8-11(10)9-4-2-1-3-5-9/h1-5,8H,6H2,(H,13,14). The van der Waals surface area contributed by atoms with Crippen molar-refractivity contribution >= 4 is 17.3 Å². The Balaban J connectivity index is 2.37. The van der Waals surface area contributed by atoms with Crippen LogP contribution in [0.5, 0.6) is 0 Å². The first-order valence-corrected chi connectivity index (χ1v) is 5.40. The SMILES string of the molecule is O=C(O)Cc1[c]scc1-c1ccccc1. The van der Waals surface area contributed by atoms with Crippen molar-refractivity contribution in [1.29, 1.82) is 0 Å². The largest absolute Gasteiger partial charge is 0.481 e. The van der Waals surface area contributed by atoms with E-state index in [0.29, 0.717) is 0 Å². The molecule has 75 valence electrons. The lowest BCUT2D eigenvalue weighted by Gasteiger charge is -2.00. The molecule has 0 amide bonds. The van der Waals surface area contributed by atoms with Crippen molar-refractivity contribution in [1.82, 2.24) is 0 Å². The lowest BCUT2D eigenvalue weighted by Crippen LogP contribution is -1.99. The number of hydrogen-bond acceptors (Lipinski definition) is 2. The van der Waals surface area contributed by atoms with Crippen LogP contribution in [0, 0.1) is 5.38 Å². The number of carbonyl (C=O) groups is 1. The number of thiophene rings is 1. The molecule has 0 atom stereocenters. The second-order valence-electron chi connectivity index (χ2n) is 3.17. The van der Waals surface area contributed by atoms with Crippen LogP contribution in [0.4, 0.5) is 0 Å². The van der Waals surface area contributed by atoms with Gasteiger partial charge in [0, 0.05) is 5.38 Å². The van der Waals surface area contributed by atoms with Crippen molar-refractivity contribution in [3.05, 3.63) is 46.7 Å². The number of carboxylic acids is 1. The zero-order valence-corrected chi connectivity index (χ0v) is 8.75. The van der Waals surface area contributed by atoms with Gasteiger partial charge in [-0.3, -0.25) is 4.79 Å². The van der Waals surface area contributed by atoms with E-state index in [9.17, 15) is 4.79 Å². The zero-order valence-electron chi connectivity index (χ0n) is 7.93. The van der Waals surface area contributed by atoms with Gasteiger partial charge in [-0.1, -0.05) is 30.3 Å². The zero-order chi connectivity index (χ0) is 10.7. The highest BCUT2D eigenvalue weighted by Crippen LogP contribution is 2.26. The summed E-state index contributed by atoms with van der Waals surface area (Å²) >= 11 is 1.41. The van der Waals surface area contributed by atoms with E-state index >= 15 is 0 Å². The molecule has 2 rings (SSSR count). The normalized spacial score (nSPS) is 10.1. The van der Waals surface area contributed by atoms with E-state index < -0.39 is 5.97 Å². The molecule has 1 N–H and O–H groups in total. The van der Waals surface area contributed by atoms with Gasteiger partial charge in [0.05, 0.1) is 6.42 Å². The van der Waals surface area contributed by atoms with E-state index in [0.717, 1.165) is 16.7 Å². The maximum absolute atomic E-state index is 10.6. The second kappa shape index (κ2) is 4.28. The van der Waals surface area contributed by atoms with Gasteiger partial charge in [0.2, 0.25) is 0 Å². The summed E-state index contributed by atoms with van der Waals surface area (Å²) in [5, 5.41) is 13.7. The van der Waals surface area contributed by atoms with Gasteiger partial charge in [0.25, 0.3) is 0 Å². The highest BCUT2D eigenvalue weighted by molar-refractivity contribution is 7.08. The van der Waals surface area contributed by atoms with Crippen LogP contribution in [0.2, 0.25) is 0 Å². The van der Waals surface area contributed by atoms with E-state index in [2.05, 4.69) is 5.38 Å². The van der Waals surface area contributed by atoms with Crippen LogP contribution in [0.25, 0.3) is 11.1 Å². The Morgan fingerprint density at radius 3 is 2.73 bits per heavy atom. The summed E-state index contributed by atoms with van der Waals surface area (Å²) in [4.78, 5) is 10.6. The van der Waals surface area contributed by atoms with E-state index in [1.54, 1.807) is 0 Å². The van der Waals surface area contributed by atoms with Crippen molar-refractivity contribution in [2.75, 3.05) is 0 Å². The molecule has 0 aliphatic carbocycles. The van der Waals surface area contributed by atoms with E-state index in [1.807, 2.05) is 35.7 Å². The molecule has 1 heterocycles. The number of hydrogen-bond donors (Lipinski definition) is 1. The van der Waals surface area contributed by atoms with Crippen molar-refractivity contribution in [3.8, 4) is 11.1 Å². The summed E-state index contributed by atoms with van der Waals surface area (Å²) < 4.78 is 0. The quantitative estimate of drug-likeness (QED) is 0.858. The average Bonchev–Trinajstić information content (AvgIpc) is 2.66. The summed E-state index contributed by atoms with van der Waals surface area (Å²) in [6.45, 7) is 0. The lowest BCUT2D eigenvalue weighted by atomic mass is 10.0. The monoisotopic (exact) mass is 217 g/mol. The molecule has 0 saturated carbocycles. The molecular formula is C12H9O2S. The predicted octanol–water partition coefficient (Wildman–Crippen LogP) is 2.84. The molecule has 15 heavy (non-hydrogen) atoms. The number of rotatable bonds is 3. The van der Waals surface area contributed by atoms with Gasteiger partial charge in [-0.05, 0) is 22.1 Å². The molecule has 0 saturated heterocycles. The van der Waals surface area contributed by atoms with Gasteiger partial charge >= 0.3 is 5.97 Å². The van der Waals surface area contributed by atoms with Crippen LogP contribution in [-0.4, -0.2) is 11.1 Å². The lowest BCUT2D eigenvalue weighted by molar-refractivity contribution is -0.136. The van der Waals surface area contributed by atoms with Gasteiger partial charge < -0.3 is 5.11 Å². The van der Waals surface area contributed by atoms with Crippen molar-refractivity contribution in [2.24, 2.45) is 0 Å². The third-order valence-corrected chi connectivity index (χ3v) is 2.81. The van der Waals surface area contributed by atoms with Gasteiger partial charge in [0.15, 0.2) is 0 Å². The summed E-state index contributed by atoms with van der Waals surface area (Å²) in [6, 6.07) is 9.77. The summed E-state index contributed by atoms with van der Waals surface area (Å²) in [7, 11) is 0. The van der Waals surface area contributed by atoms with Gasteiger partial charge in [0.1, 0.15) is 0 Å². The highest BCUT2D eigenvalue weighted by Gasteiger charge is 2.09. The Kier molecular flexibility index (Phi) is 2.83. The van der Waals surface area contributed by atoms with Crippen LogP contribution in [-0.2, 0) is 11.2 Å².